The Morgan fingerprint density at radius 2 is 1.77 bits per heavy atom. The molecule has 31 heavy (non-hydrogen) atoms. The third-order valence-electron chi connectivity index (χ3n) is 4.36. The molecule has 0 radical (unpaired) electrons. The second-order valence-corrected chi connectivity index (χ2v) is 7.88. The molecule has 1 amide bonds. The molecule has 1 heterocycles. The lowest BCUT2D eigenvalue weighted by atomic mass is 10.1. The van der Waals surface area contributed by atoms with Gasteiger partial charge < -0.3 is 10.1 Å². The van der Waals surface area contributed by atoms with Crippen LogP contribution in [0.25, 0.3) is 11.3 Å². The number of halogens is 3. The van der Waals surface area contributed by atoms with E-state index in [0.29, 0.717) is 11.3 Å². The van der Waals surface area contributed by atoms with E-state index >= 15 is 0 Å². The highest BCUT2D eigenvalue weighted by Crippen LogP contribution is 2.32. The van der Waals surface area contributed by atoms with Gasteiger partial charge >= 0.3 is 6.18 Å². The summed E-state index contributed by atoms with van der Waals surface area (Å²) in [4.78, 5) is 20.4. The molecule has 3 aromatic rings. The standard InChI is InChI=1S/C22H20F3N3O2S/c1-14(20(29)26-13-16-10-6-7-11-18(16)30-2)31-21-27-17(15-8-4-3-5-9-15)12-19(28-21)22(23,24)25/h3-12,14H,13H2,1-2H3,(H,26,29)/t14-/m1/s1. The van der Waals surface area contributed by atoms with Gasteiger partial charge in [0.2, 0.25) is 5.91 Å². The van der Waals surface area contributed by atoms with Crippen molar-refractivity contribution in [3.05, 3.63) is 71.9 Å². The van der Waals surface area contributed by atoms with Gasteiger partial charge in [-0.1, -0.05) is 60.3 Å². The molecule has 0 saturated carbocycles. The zero-order valence-electron chi connectivity index (χ0n) is 16.8. The summed E-state index contributed by atoms with van der Waals surface area (Å²) < 4.78 is 45.3. The normalized spacial score (nSPS) is 12.3. The predicted molar refractivity (Wildman–Crippen MR) is 113 cm³/mol. The van der Waals surface area contributed by atoms with Crippen molar-refractivity contribution in [1.82, 2.24) is 15.3 Å². The number of aromatic nitrogens is 2. The molecule has 5 nitrogen and oxygen atoms in total. The number of thioether (sulfide) groups is 1. The fourth-order valence-corrected chi connectivity index (χ4v) is 3.58. The largest absolute Gasteiger partial charge is 0.496 e. The minimum atomic E-state index is -4.63. The number of rotatable bonds is 7. The molecule has 0 bridgehead atoms. The molecule has 0 spiro atoms. The van der Waals surface area contributed by atoms with Crippen LogP contribution in [0.3, 0.4) is 0 Å². The summed E-state index contributed by atoms with van der Waals surface area (Å²) >= 11 is 0.870. The van der Waals surface area contributed by atoms with Crippen LogP contribution in [-0.2, 0) is 17.5 Å². The van der Waals surface area contributed by atoms with Crippen LogP contribution < -0.4 is 10.1 Å². The molecule has 3 rings (SSSR count). The summed E-state index contributed by atoms with van der Waals surface area (Å²) in [5, 5.41) is 1.94. The van der Waals surface area contributed by atoms with E-state index < -0.39 is 17.1 Å². The number of methoxy groups -OCH3 is 1. The lowest BCUT2D eigenvalue weighted by molar-refractivity contribution is -0.141. The molecular formula is C22H20F3N3O2S. The Bertz CT molecular complexity index is 1050. The van der Waals surface area contributed by atoms with Gasteiger partial charge in [-0.15, -0.1) is 0 Å². The number of hydrogen-bond donors (Lipinski definition) is 1. The summed E-state index contributed by atoms with van der Waals surface area (Å²) in [6.45, 7) is 1.82. The van der Waals surface area contributed by atoms with Crippen molar-refractivity contribution in [3.63, 3.8) is 0 Å². The third kappa shape index (κ3) is 5.97. The van der Waals surface area contributed by atoms with Crippen molar-refractivity contribution in [2.75, 3.05) is 7.11 Å². The lowest BCUT2D eigenvalue weighted by Gasteiger charge is -2.14. The van der Waals surface area contributed by atoms with Crippen molar-refractivity contribution in [2.45, 2.75) is 30.1 Å². The number of alkyl halides is 3. The first-order valence-corrected chi connectivity index (χ1v) is 10.2. The zero-order chi connectivity index (χ0) is 22.4. The van der Waals surface area contributed by atoms with E-state index in [1.807, 2.05) is 18.2 Å². The maximum atomic E-state index is 13.3. The second-order valence-electron chi connectivity index (χ2n) is 6.57. The van der Waals surface area contributed by atoms with Crippen LogP contribution in [0.1, 0.15) is 18.2 Å². The van der Waals surface area contributed by atoms with Gasteiger partial charge in [-0.25, -0.2) is 9.97 Å². The average Bonchev–Trinajstić information content (AvgIpc) is 2.77. The molecule has 0 fully saturated rings. The molecular weight excluding hydrogens is 427 g/mol. The van der Waals surface area contributed by atoms with Gasteiger partial charge in [0.15, 0.2) is 5.16 Å². The maximum Gasteiger partial charge on any atom is 0.433 e. The number of nitrogens with one attached hydrogen (secondary N) is 1. The molecule has 0 aliphatic heterocycles. The summed E-state index contributed by atoms with van der Waals surface area (Å²) in [5.74, 6) is 0.287. The first-order valence-electron chi connectivity index (χ1n) is 9.36. The molecule has 0 aliphatic carbocycles. The monoisotopic (exact) mass is 447 g/mol. The van der Waals surface area contributed by atoms with Crippen LogP contribution in [0.2, 0.25) is 0 Å². The Balaban J connectivity index is 1.76. The number of para-hydroxylation sites is 1. The highest BCUT2D eigenvalue weighted by molar-refractivity contribution is 8.00. The molecule has 2 aromatic carbocycles. The first kappa shape index (κ1) is 22.6. The average molecular weight is 447 g/mol. The Morgan fingerprint density at radius 1 is 1.10 bits per heavy atom. The fraction of sp³-hybridized carbons (Fsp3) is 0.227. The summed E-state index contributed by atoms with van der Waals surface area (Å²) in [6.07, 6.45) is -4.63. The first-order chi connectivity index (χ1) is 14.8. The van der Waals surface area contributed by atoms with E-state index in [9.17, 15) is 18.0 Å². The Hall–Kier alpha value is -3.07. The number of benzene rings is 2. The molecule has 1 N–H and O–H groups in total. The molecule has 1 aromatic heterocycles. The maximum absolute atomic E-state index is 13.3. The molecule has 0 saturated heterocycles. The highest BCUT2D eigenvalue weighted by Gasteiger charge is 2.34. The van der Waals surface area contributed by atoms with E-state index in [-0.39, 0.29) is 23.3 Å². The molecule has 9 heteroatoms. The summed E-state index contributed by atoms with van der Waals surface area (Å²) in [6, 6.07) is 16.7. The quantitative estimate of drug-likeness (QED) is 0.409. The van der Waals surface area contributed by atoms with Gasteiger partial charge in [0.1, 0.15) is 11.4 Å². The van der Waals surface area contributed by atoms with Crippen LogP contribution in [0.4, 0.5) is 13.2 Å². The van der Waals surface area contributed by atoms with Gasteiger partial charge in [0.05, 0.1) is 18.1 Å². The molecule has 1 atom stereocenters. The molecule has 162 valence electrons. The second kappa shape index (κ2) is 9.82. The van der Waals surface area contributed by atoms with Crippen LogP contribution in [0, 0.1) is 0 Å². The Kier molecular flexibility index (Phi) is 7.17. The minimum Gasteiger partial charge on any atom is -0.496 e. The van der Waals surface area contributed by atoms with Crippen LogP contribution >= 0.6 is 11.8 Å². The van der Waals surface area contributed by atoms with Gasteiger partial charge in [-0.05, 0) is 19.1 Å². The van der Waals surface area contributed by atoms with E-state index in [0.717, 1.165) is 23.4 Å². The van der Waals surface area contributed by atoms with E-state index in [1.54, 1.807) is 43.3 Å². The van der Waals surface area contributed by atoms with E-state index in [4.69, 9.17) is 4.74 Å². The van der Waals surface area contributed by atoms with Crippen LogP contribution in [0.15, 0.2) is 65.8 Å². The predicted octanol–water partition coefficient (Wildman–Crippen LogP) is 4.97. The van der Waals surface area contributed by atoms with Crippen molar-refractivity contribution in [3.8, 4) is 17.0 Å². The van der Waals surface area contributed by atoms with Crippen LogP contribution in [0.5, 0.6) is 5.75 Å². The number of nitrogens with zero attached hydrogens (tertiary/aromatic N) is 2. The van der Waals surface area contributed by atoms with Crippen molar-refractivity contribution >= 4 is 17.7 Å². The molecule has 0 unspecified atom stereocenters. The number of amides is 1. The lowest BCUT2D eigenvalue weighted by Crippen LogP contribution is -2.30. The SMILES string of the molecule is COc1ccccc1CNC(=O)[C@@H](C)Sc1nc(-c2ccccc2)cc(C(F)(F)F)n1. The van der Waals surface area contributed by atoms with Crippen molar-refractivity contribution in [1.29, 1.82) is 0 Å². The topological polar surface area (TPSA) is 64.1 Å². The van der Waals surface area contributed by atoms with E-state index in [2.05, 4.69) is 15.3 Å². The van der Waals surface area contributed by atoms with Crippen molar-refractivity contribution in [2.24, 2.45) is 0 Å². The number of ether oxygens (including phenoxy) is 1. The third-order valence-corrected chi connectivity index (χ3v) is 5.32. The van der Waals surface area contributed by atoms with Gasteiger partial charge in [-0.3, -0.25) is 4.79 Å². The Morgan fingerprint density at radius 3 is 2.45 bits per heavy atom. The van der Waals surface area contributed by atoms with Crippen molar-refractivity contribution < 1.29 is 22.7 Å². The minimum absolute atomic E-state index is 0.117. The van der Waals surface area contributed by atoms with Crippen LogP contribution in [-0.4, -0.2) is 28.2 Å². The molecule has 0 aliphatic rings. The van der Waals surface area contributed by atoms with Gasteiger partial charge in [0, 0.05) is 17.7 Å². The van der Waals surface area contributed by atoms with Gasteiger partial charge in [0.25, 0.3) is 0 Å². The van der Waals surface area contributed by atoms with E-state index in [1.165, 1.54) is 7.11 Å². The fourth-order valence-electron chi connectivity index (χ4n) is 2.77. The highest BCUT2D eigenvalue weighted by atomic mass is 32.2. The number of carbonyl (C=O) groups is 1. The number of carbonyl (C=O) groups excluding carboxylic acids is 1. The van der Waals surface area contributed by atoms with Gasteiger partial charge in [-0.2, -0.15) is 13.2 Å². The Labute approximate surface area is 182 Å². The zero-order valence-corrected chi connectivity index (χ0v) is 17.6. The summed E-state index contributed by atoms with van der Waals surface area (Å²) in [7, 11) is 1.54. The summed E-state index contributed by atoms with van der Waals surface area (Å²) in [5.41, 5.74) is 0.417. The number of hydrogen-bond acceptors (Lipinski definition) is 5. The smallest absolute Gasteiger partial charge is 0.433 e.